The Morgan fingerprint density at radius 1 is 1.22 bits per heavy atom. The molecule has 0 spiro atoms. The second-order valence-corrected chi connectivity index (χ2v) is 6.47. The van der Waals surface area contributed by atoms with Crippen molar-refractivity contribution in [2.75, 3.05) is 0 Å². The van der Waals surface area contributed by atoms with Gasteiger partial charge in [0.25, 0.3) is 0 Å². The molecule has 0 unspecified atom stereocenters. The second-order valence-electron chi connectivity index (χ2n) is 6.47. The molecule has 1 aliphatic heterocycles. The number of epoxide rings is 1. The Morgan fingerprint density at radius 2 is 1.83 bits per heavy atom. The Hall–Kier alpha value is -1.43. The topological polar surface area (TPSA) is 96.1 Å². The van der Waals surface area contributed by atoms with Gasteiger partial charge in [-0.3, -0.25) is 0 Å². The van der Waals surface area contributed by atoms with Gasteiger partial charge in [-0.15, -0.1) is 0 Å². The molecule has 4 atom stereocenters. The fraction of sp³-hybridized carbons (Fsp3) is 0.611. The summed E-state index contributed by atoms with van der Waals surface area (Å²) < 4.78 is 5.12. The lowest BCUT2D eigenvalue weighted by molar-refractivity contribution is -0.138. The van der Waals surface area contributed by atoms with Crippen molar-refractivity contribution >= 4 is 5.97 Å². The number of benzene rings is 1. The molecular formula is C18H27NO4. The highest BCUT2D eigenvalue weighted by molar-refractivity contribution is 5.75. The van der Waals surface area contributed by atoms with E-state index in [-0.39, 0.29) is 12.1 Å². The number of aliphatic carboxylic acids is 1. The van der Waals surface area contributed by atoms with E-state index in [1.54, 1.807) is 6.92 Å². The van der Waals surface area contributed by atoms with Gasteiger partial charge in [0.2, 0.25) is 0 Å². The SMILES string of the molecule is C[C@@H](N)[C@H](O)c1ccccc1.O=C(O)[C@H]1O[C@H]1C1CCCCC1. The number of aliphatic hydroxyl groups excluding tert-OH is 1. The number of nitrogens with two attached hydrogens (primary N) is 1. The van der Waals surface area contributed by atoms with E-state index in [2.05, 4.69) is 0 Å². The molecule has 5 heteroatoms. The van der Waals surface area contributed by atoms with E-state index in [1.807, 2.05) is 30.3 Å². The fourth-order valence-electron chi connectivity index (χ4n) is 3.10. The normalized spacial score (nSPS) is 26.6. The molecule has 1 aliphatic carbocycles. The van der Waals surface area contributed by atoms with Crippen LogP contribution in [0.4, 0.5) is 0 Å². The second kappa shape index (κ2) is 8.43. The smallest absolute Gasteiger partial charge is 0.335 e. The Labute approximate surface area is 137 Å². The summed E-state index contributed by atoms with van der Waals surface area (Å²) >= 11 is 0. The summed E-state index contributed by atoms with van der Waals surface area (Å²) in [7, 11) is 0. The maximum absolute atomic E-state index is 10.5. The van der Waals surface area contributed by atoms with E-state index in [0.29, 0.717) is 5.92 Å². The number of ether oxygens (including phenoxy) is 1. The van der Waals surface area contributed by atoms with Crippen molar-refractivity contribution in [3.05, 3.63) is 35.9 Å². The molecule has 23 heavy (non-hydrogen) atoms. The summed E-state index contributed by atoms with van der Waals surface area (Å²) in [5, 5.41) is 18.1. The van der Waals surface area contributed by atoms with Crippen LogP contribution in [0, 0.1) is 5.92 Å². The maximum atomic E-state index is 10.5. The minimum Gasteiger partial charge on any atom is -0.479 e. The summed E-state index contributed by atoms with van der Waals surface area (Å²) in [4.78, 5) is 10.5. The summed E-state index contributed by atoms with van der Waals surface area (Å²) in [6.45, 7) is 1.79. The minimum absolute atomic E-state index is 0.0443. The summed E-state index contributed by atoms with van der Waals surface area (Å²) in [5.74, 6) is -0.259. The molecule has 0 radical (unpaired) electrons. The first-order valence-electron chi connectivity index (χ1n) is 8.37. The van der Waals surface area contributed by atoms with Crippen LogP contribution < -0.4 is 5.73 Å². The molecular weight excluding hydrogens is 294 g/mol. The third-order valence-electron chi connectivity index (χ3n) is 4.52. The predicted octanol–water partition coefficient (Wildman–Crippen LogP) is 2.49. The van der Waals surface area contributed by atoms with Crippen molar-refractivity contribution in [3.63, 3.8) is 0 Å². The van der Waals surface area contributed by atoms with Crippen LogP contribution in [0.5, 0.6) is 0 Å². The molecule has 1 aromatic carbocycles. The number of hydrogen-bond acceptors (Lipinski definition) is 4. The third-order valence-corrected chi connectivity index (χ3v) is 4.52. The van der Waals surface area contributed by atoms with Crippen LogP contribution in [0.2, 0.25) is 0 Å². The first kappa shape index (κ1) is 17.9. The quantitative estimate of drug-likeness (QED) is 0.740. The zero-order valence-electron chi connectivity index (χ0n) is 13.6. The summed E-state index contributed by atoms with van der Waals surface area (Å²) in [5.41, 5.74) is 6.40. The molecule has 0 aromatic heterocycles. The van der Waals surface area contributed by atoms with Crippen LogP contribution in [0.25, 0.3) is 0 Å². The standard InChI is InChI=1S/C9H13NO.C9H14O3/c1-7(10)9(11)8-5-3-2-4-6-8;10-9(11)8-7(12-8)6-4-2-1-3-5-6/h2-7,9,11H,10H2,1H3;6-8H,1-5H2,(H,10,11)/t7-,9+;7-,8-/m10/s1. The molecule has 0 bridgehead atoms. The van der Waals surface area contributed by atoms with E-state index in [9.17, 15) is 9.90 Å². The maximum Gasteiger partial charge on any atom is 0.335 e. The fourth-order valence-corrected chi connectivity index (χ4v) is 3.10. The molecule has 1 saturated heterocycles. The zero-order chi connectivity index (χ0) is 16.8. The van der Waals surface area contributed by atoms with Crippen LogP contribution in [0.3, 0.4) is 0 Å². The first-order valence-corrected chi connectivity index (χ1v) is 8.37. The molecule has 128 valence electrons. The Kier molecular flexibility index (Phi) is 6.57. The van der Waals surface area contributed by atoms with Crippen molar-refractivity contribution in [2.45, 2.75) is 63.4 Å². The number of carbonyl (C=O) groups is 1. The lowest BCUT2D eigenvalue weighted by atomic mass is 9.86. The van der Waals surface area contributed by atoms with E-state index in [0.717, 1.165) is 18.4 Å². The van der Waals surface area contributed by atoms with E-state index < -0.39 is 18.2 Å². The molecule has 1 heterocycles. The molecule has 2 fully saturated rings. The number of carboxylic acids is 1. The largest absolute Gasteiger partial charge is 0.479 e. The van der Waals surface area contributed by atoms with E-state index in [4.69, 9.17) is 15.6 Å². The van der Waals surface area contributed by atoms with Crippen LogP contribution in [0.15, 0.2) is 30.3 Å². The van der Waals surface area contributed by atoms with Gasteiger partial charge in [-0.25, -0.2) is 4.79 Å². The highest BCUT2D eigenvalue weighted by Crippen LogP contribution is 2.38. The Balaban J connectivity index is 0.000000168. The van der Waals surface area contributed by atoms with Crippen LogP contribution in [-0.4, -0.2) is 34.4 Å². The number of rotatable bonds is 4. The van der Waals surface area contributed by atoms with Crippen molar-refractivity contribution in [1.82, 2.24) is 0 Å². The highest BCUT2D eigenvalue weighted by Gasteiger charge is 2.49. The molecule has 2 aliphatic rings. The average molecular weight is 321 g/mol. The zero-order valence-corrected chi connectivity index (χ0v) is 13.6. The highest BCUT2D eigenvalue weighted by atomic mass is 16.6. The van der Waals surface area contributed by atoms with Crippen molar-refractivity contribution in [1.29, 1.82) is 0 Å². The van der Waals surface area contributed by atoms with E-state index >= 15 is 0 Å². The Morgan fingerprint density at radius 3 is 2.30 bits per heavy atom. The van der Waals surface area contributed by atoms with Crippen LogP contribution in [-0.2, 0) is 9.53 Å². The van der Waals surface area contributed by atoms with Gasteiger partial charge in [-0.2, -0.15) is 0 Å². The van der Waals surface area contributed by atoms with Gasteiger partial charge in [0, 0.05) is 6.04 Å². The predicted molar refractivity (Wildman–Crippen MR) is 87.9 cm³/mol. The van der Waals surface area contributed by atoms with Gasteiger partial charge in [-0.05, 0) is 31.2 Å². The molecule has 1 saturated carbocycles. The van der Waals surface area contributed by atoms with Crippen molar-refractivity contribution in [3.8, 4) is 0 Å². The van der Waals surface area contributed by atoms with Crippen LogP contribution in [0.1, 0.15) is 50.7 Å². The molecule has 5 nitrogen and oxygen atoms in total. The van der Waals surface area contributed by atoms with Gasteiger partial charge in [0.1, 0.15) is 0 Å². The van der Waals surface area contributed by atoms with E-state index in [1.165, 1.54) is 19.3 Å². The lowest BCUT2D eigenvalue weighted by Crippen LogP contribution is -2.24. The first-order chi connectivity index (χ1) is 11.0. The van der Waals surface area contributed by atoms with Crippen molar-refractivity contribution < 1.29 is 19.7 Å². The Bertz CT molecular complexity index is 485. The van der Waals surface area contributed by atoms with Gasteiger partial charge in [0.05, 0.1) is 12.2 Å². The summed E-state index contributed by atoms with van der Waals surface area (Å²) in [6.07, 6.45) is 5.14. The minimum atomic E-state index is -0.787. The third kappa shape index (κ3) is 5.30. The van der Waals surface area contributed by atoms with Gasteiger partial charge in [0.15, 0.2) is 6.10 Å². The molecule has 3 rings (SSSR count). The monoisotopic (exact) mass is 321 g/mol. The number of hydrogen-bond donors (Lipinski definition) is 3. The van der Waals surface area contributed by atoms with Gasteiger partial charge in [-0.1, -0.05) is 49.6 Å². The molecule has 0 amide bonds. The van der Waals surface area contributed by atoms with Crippen LogP contribution >= 0.6 is 0 Å². The lowest BCUT2D eigenvalue weighted by Gasteiger charge is -2.18. The molecule has 4 N–H and O–H groups in total. The van der Waals surface area contributed by atoms with Gasteiger partial charge < -0.3 is 20.7 Å². The van der Waals surface area contributed by atoms with Crippen molar-refractivity contribution in [2.24, 2.45) is 11.7 Å². The summed E-state index contributed by atoms with van der Waals surface area (Å²) in [6, 6.07) is 9.22. The molecule has 1 aromatic rings. The van der Waals surface area contributed by atoms with Gasteiger partial charge >= 0.3 is 5.97 Å². The number of carboxylic acid groups (broad SMARTS) is 1. The average Bonchev–Trinajstić information content (AvgIpc) is 3.37. The number of aliphatic hydroxyl groups is 1.